The van der Waals surface area contributed by atoms with Crippen molar-refractivity contribution in [3.8, 4) is 0 Å². The summed E-state index contributed by atoms with van der Waals surface area (Å²) >= 11 is 0. The van der Waals surface area contributed by atoms with Crippen molar-refractivity contribution in [2.24, 2.45) is 0 Å². The summed E-state index contributed by atoms with van der Waals surface area (Å²) in [6.07, 6.45) is 7.64. The fourth-order valence-electron chi connectivity index (χ4n) is 1.63. The van der Waals surface area contributed by atoms with E-state index in [1.54, 1.807) is 19.9 Å². The summed E-state index contributed by atoms with van der Waals surface area (Å²) in [6.45, 7) is 7.97. The highest BCUT2D eigenvalue weighted by Gasteiger charge is 2.07. The quantitative estimate of drug-likeness (QED) is 0.483. The zero-order valence-electron chi connectivity index (χ0n) is 12.0. The van der Waals surface area contributed by atoms with Crippen LogP contribution in [0.5, 0.6) is 0 Å². The van der Waals surface area contributed by atoms with Gasteiger partial charge in [-0.05, 0) is 20.3 Å². The van der Waals surface area contributed by atoms with Gasteiger partial charge in [0, 0.05) is 31.6 Å². The van der Waals surface area contributed by atoms with Crippen LogP contribution in [0.2, 0.25) is 6.82 Å². The molecule has 0 N–H and O–H groups in total. The highest BCUT2D eigenvalue weighted by atomic mass is 31.0. The Labute approximate surface area is 119 Å². The van der Waals surface area contributed by atoms with Crippen molar-refractivity contribution in [1.29, 1.82) is 0 Å². The second-order valence-electron chi connectivity index (χ2n) is 4.32. The highest BCUT2D eigenvalue weighted by Crippen LogP contribution is 2.08. The van der Waals surface area contributed by atoms with Gasteiger partial charge in [-0.15, -0.1) is 9.24 Å². The minimum Gasteiger partial charge on any atom is -0.367 e. The van der Waals surface area contributed by atoms with Crippen LogP contribution in [0.4, 0.5) is 0 Å². The Bertz CT molecular complexity index is 415. The zero-order chi connectivity index (χ0) is 14.1. The lowest BCUT2D eigenvalue weighted by Gasteiger charge is -2.24. The SMILES string of the molecule is C[B]ON1CC=C(C)CC1.Cc1nccnc1CP. The summed E-state index contributed by atoms with van der Waals surface area (Å²) in [7, 11) is 4.34. The minimum atomic E-state index is 0.889. The first-order chi connectivity index (χ1) is 9.17. The Morgan fingerprint density at radius 2 is 2.11 bits per heavy atom. The molecular formula is C13H22BN3OP. The lowest BCUT2D eigenvalue weighted by atomic mass is 10.1. The van der Waals surface area contributed by atoms with Gasteiger partial charge < -0.3 is 4.76 Å². The maximum absolute atomic E-state index is 5.19. The molecule has 19 heavy (non-hydrogen) atoms. The van der Waals surface area contributed by atoms with Crippen molar-refractivity contribution in [2.75, 3.05) is 13.1 Å². The summed E-state index contributed by atoms with van der Waals surface area (Å²) in [5, 5.41) is 1.95. The molecule has 1 aliphatic rings. The zero-order valence-corrected chi connectivity index (χ0v) is 13.1. The molecule has 2 heterocycles. The van der Waals surface area contributed by atoms with Crippen molar-refractivity contribution >= 4 is 16.7 Å². The van der Waals surface area contributed by atoms with Gasteiger partial charge in [0.15, 0.2) is 0 Å². The van der Waals surface area contributed by atoms with Gasteiger partial charge in [0.25, 0.3) is 0 Å². The van der Waals surface area contributed by atoms with Crippen LogP contribution in [-0.4, -0.2) is 35.6 Å². The maximum Gasteiger partial charge on any atom is 0.321 e. The van der Waals surface area contributed by atoms with E-state index in [-0.39, 0.29) is 0 Å². The molecule has 1 aromatic rings. The van der Waals surface area contributed by atoms with E-state index >= 15 is 0 Å². The number of hydrogen-bond donors (Lipinski definition) is 0. The fourth-order valence-corrected chi connectivity index (χ4v) is 2.03. The number of rotatable bonds is 3. The van der Waals surface area contributed by atoms with Crippen LogP contribution in [0, 0.1) is 6.92 Å². The van der Waals surface area contributed by atoms with E-state index < -0.39 is 0 Å². The number of hydrogen-bond acceptors (Lipinski definition) is 4. The first-order valence-corrected chi connectivity index (χ1v) is 7.30. The van der Waals surface area contributed by atoms with Gasteiger partial charge in [0.2, 0.25) is 0 Å². The van der Waals surface area contributed by atoms with Crippen molar-refractivity contribution in [3.63, 3.8) is 0 Å². The number of hydroxylamine groups is 2. The Hall–Kier alpha value is -0.765. The standard InChI is InChI=1S/C7H13BNO.C6H9N2P/c1-7-3-5-9(6-4-7)10-8-2;1-5-6(4-9)8-3-2-7-5/h3H,4-6H2,1-2H3;2-3H,4,9H2,1H3. The van der Waals surface area contributed by atoms with Crippen molar-refractivity contribution in [1.82, 2.24) is 15.0 Å². The number of aromatic nitrogens is 2. The number of aryl methyl sites for hydroxylation is 1. The Morgan fingerprint density at radius 3 is 2.58 bits per heavy atom. The molecule has 103 valence electrons. The molecule has 2 rings (SSSR count). The van der Waals surface area contributed by atoms with Crippen LogP contribution in [-0.2, 0) is 10.9 Å². The largest absolute Gasteiger partial charge is 0.367 e. The van der Waals surface area contributed by atoms with Crippen LogP contribution in [0.15, 0.2) is 24.0 Å². The normalized spacial score (nSPS) is 15.3. The molecule has 1 radical (unpaired) electrons. The van der Waals surface area contributed by atoms with E-state index in [0.29, 0.717) is 0 Å². The molecule has 1 aromatic heterocycles. The summed E-state index contributed by atoms with van der Waals surface area (Å²) in [4.78, 5) is 8.19. The summed E-state index contributed by atoms with van der Waals surface area (Å²) < 4.78 is 5.19. The molecule has 1 aliphatic heterocycles. The van der Waals surface area contributed by atoms with Gasteiger partial charge in [0.1, 0.15) is 0 Å². The van der Waals surface area contributed by atoms with Crippen molar-refractivity contribution in [2.45, 2.75) is 33.3 Å². The molecule has 0 saturated carbocycles. The minimum absolute atomic E-state index is 0.889. The first kappa shape index (κ1) is 16.3. The molecule has 0 spiro atoms. The lowest BCUT2D eigenvalue weighted by Crippen LogP contribution is -2.29. The fraction of sp³-hybridized carbons (Fsp3) is 0.538. The molecule has 0 amide bonds. The van der Waals surface area contributed by atoms with Gasteiger partial charge in [-0.2, -0.15) is 0 Å². The number of nitrogens with zero attached hydrogens (tertiary/aromatic N) is 3. The van der Waals surface area contributed by atoms with Crippen LogP contribution in [0.25, 0.3) is 0 Å². The van der Waals surface area contributed by atoms with Crippen molar-refractivity contribution in [3.05, 3.63) is 35.4 Å². The van der Waals surface area contributed by atoms with Crippen LogP contribution < -0.4 is 0 Å². The molecule has 0 aliphatic carbocycles. The van der Waals surface area contributed by atoms with E-state index in [4.69, 9.17) is 4.76 Å². The van der Waals surface area contributed by atoms with Crippen LogP contribution in [0.1, 0.15) is 24.7 Å². The average molecular weight is 278 g/mol. The third-order valence-corrected chi connectivity index (χ3v) is 3.22. The Balaban J connectivity index is 0.000000191. The van der Waals surface area contributed by atoms with Crippen LogP contribution >= 0.6 is 9.24 Å². The highest BCUT2D eigenvalue weighted by molar-refractivity contribution is 7.15. The molecule has 0 bridgehead atoms. The van der Waals surface area contributed by atoms with Crippen LogP contribution in [0.3, 0.4) is 0 Å². The lowest BCUT2D eigenvalue weighted by molar-refractivity contribution is -0.0477. The Morgan fingerprint density at radius 1 is 1.37 bits per heavy atom. The molecule has 4 nitrogen and oxygen atoms in total. The average Bonchev–Trinajstić information content (AvgIpc) is 2.43. The molecule has 1 unspecified atom stereocenters. The van der Waals surface area contributed by atoms with E-state index in [1.807, 2.05) is 18.8 Å². The van der Waals surface area contributed by atoms with Gasteiger partial charge >= 0.3 is 7.48 Å². The predicted octanol–water partition coefficient (Wildman–Crippen LogP) is 2.40. The maximum atomic E-state index is 5.19. The summed E-state index contributed by atoms with van der Waals surface area (Å²) in [5.41, 5.74) is 3.55. The topological polar surface area (TPSA) is 38.2 Å². The molecular weight excluding hydrogens is 256 g/mol. The molecule has 0 fully saturated rings. The van der Waals surface area contributed by atoms with E-state index in [2.05, 4.69) is 32.2 Å². The Kier molecular flexibility index (Phi) is 7.88. The second-order valence-corrected chi connectivity index (χ2v) is 4.73. The molecule has 6 heteroatoms. The smallest absolute Gasteiger partial charge is 0.321 e. The monoisotopic (exact) mass is 278 g/mol. The summed E-state index contributed by atoms with van der Waals surface area (Å²) in [6, 6.07) is 0. The predicted molar refractivity (Wildman–Crippen MR) is 82.8 cm³/mol. The van der Waals surface area contributed by atoms with E-state index in [9.17, 15) is 0 Å². The van der Waals surface area contributed by atoms with E-state index in [0.717, 1.165) is 37.1 Å². The van der Waals surface area contributed by atoms with Gasteiger partial charge in [-0.1, -0.05) is 18.5 Å². The first-order valence-electron chi connectivity index (χ1n) is 6.49. The molecule has 1 atom stereocenters. The summed E-state index contributed by atoms with van der Waals surface area (Å²) in [5.74, 6) is 0. The third-order valence-electron chi connectivity index (χ3n) is 2.83. The van der Waals surface area contributed by atoms with Gasteiger partial charge in [-0.3, -0.25) is 9.97 Å². The van der Waals surface area contributed by atoms with Gasteiger partial charge in [0.05, 0.1) is 11.4 Å². The van der Waals surface area contributed by atoms with Crippen molar-refractivity contribution < 1.29 is 4.76 Å². The third kappa shape index (κ3) is 6.28. The molecule has 0 saturated heterocycles. The molecule has 0 aromatic carbocycles. The van der Waals surface area contributed by atoms with Gasteiger partial charge in [-0.25, -0.2) is 5.06 Å². The van der Waals surface area contributed by atoms with E-state index in [1.165, 1.54) is 5.57 Å². The second kappa shape index (κ2) is 9.19.